The third kappa shape index (κ3) is 4.26. The Morgan fingerprint density at radius 1 is 1.30 bits per heavy atom. The molecular weight excluding hydrogens is 376 g/mol. The number of allylic oxidation sites excluding steroid dienone is 1. The van der Waals surface area contributed by atoms with Gasteiger partial charge in [0.2, 0.25) is 5.88 Å². The number of carbonyl (C=O) groups excluding carboxylic acids is 1. The van der Waals surface area contributed by atoms with E-state index in [4.69, 9.17) is 4.74 Å². The fraction of sp³-hybridized carbons (Fsp3) is 0.708. The van der Waals surface area contributed by atoms with Crippen LogP contribution in [-0.2, 0) is 0 Å². The Morgan fingerprint density at radius 3 is 2.50 bits per heavy atom. The molecule has 1 aromatic rings. The molecule has 30 heavy (non-hydrogen) atoms. The predicted molar refractivity (Wildman–Crippen MR) is 116 cm³/mol. The van der Waals surface area contributed by atoms with Crippen LogP contribution in [0, 0.1) is 46.3 Å². The Morgan fingerprint density at radius 2 is 1.93 bits per heavy atom. The molecule has 162 valence electrons. The van der Waals surface area contributed by atoms with E-state index in [9.17, 15) is 10.1 Å². The highest BCUT2D eigenvalue weighted by molar-refractivity contribution is 5.96. The molecule has 1 amide bonds. The number of rotatable bonds is 7. The van der Waals surface area contributed by atoms with Crippen LogP contribution in [0.25, 0.3) is 6.20 Å². The lowest BCUT2D eigenvalue weighted by Gasteiger charge is -2.54. The summed E-state index contributed by atoms with van der Waals surface area (Å²) in [5.74, 6) is 3.69. The highest BCUT2D eigenvalue weighted by Crippen LogP contribution is 2.53. The van der Waals surface area contributed by atoms with E-state index in [1.807, 2.05) is 13.8 Å². The van der Waals surface area contributed by atoms with Crippen molar-refractivity contribution in [2.45, 2.75) is 65.8 Å². The molecule has 4 fully saturated rings. The van der Waals surface area contributed by atoms with Crippen LogP contribution in [0.15, 0.2) is 12.3 Å². The van der Waals surface area contributed by atoms with E-state index in [1.54, 1.807) is 23.2 Å². The van der Waals surface area contributed by atoms with Crippen LogP contribution < -0.4 is 10.1 Å². The molecule has 4 bridgehead atoms. The van der Waals surface area contributed by atoms with Crippen LogP contribution in [-0.4, -0.2) is 28.3 Å². The van der Waals surface area contributed by atoms with Crippen LogP contribution in [0.1, 0.15) is 70.2 Å². The average Bonchev–Trinajstić information content (AvgIpc) is 3.10. The number of nitrogens with zero attached hydrogens (tertiary/aromatic N) is 3. The molecule has 0 atom stereocenters. The summed E-state index contributed by atoms with van der Waals surface area (Å²) >= 11 is 0. The van der Waals surface area contributed by atoms with Gasteiger partial charge in [0.05, 0.1) is 24.3 Å². The van der Waals surface area contributed by atoms with Gasteiger partial charge in [-0.15, -0.1) is 0 Å². The highest BCUT2D eigenvalue weighted by Gasteiger charge is 2.48. The van der Waals surface area contributed by atoms with Gasteiger partial charge in [0.25, 0.3) is 5.91 Å². The zero-order valence-corrected chi connectivity index (χ0v) is 18.6. The van der Waals surface area contributed by atoms with Crippen molar-refractivity contribution in [2.24, 2.45) is 35.0 Å². The maximum absolute atomic E-state index is 13.3. The van der Waals surface area contributed by atoms with Gasteiger partial charge >= 0.3 is 0 Å². The van der Waals surface area contributed by atoms with Crippen LogP contribution in [0.2, 0.25) is 0 Å². The quantitative estimate of drug-likeness (QED) is 0.718. The van der Waals surface area contributed by atoms with Crippen LogP contribution >= 0.6 is 0 Å². The van der Waals surface area contributed by atoms with Crippen LogP contribution in [0.3, 0.4) is 0 Å². The second-order valence-corrected chi connectivity index (χ2v) is 10.6. The van der Waals surface area contributed by atoms with Gasteiger partial charge in [0.1, 0.15) is 5.56 Å². The van der Waals surface area contributed by atoms with Gasteiger partial charge in [-0.25, -0.2) is 4.68 Å². The number of ether oxygens (including phenoxy) is 1. The van der Waals surface area contributed by atoms with Gasteiger partial charge in [-0.1, -0.05) is 13.8 Å². The lowest BCUT2D eigenvalue weighted by Crippen LogP contribution is -2.55. The summed E-state index contributed by atoms with van der Waals surface area (Å²) in [6, 6.07) is 2.52. The number of nitrogens with one attached hydrogen (secondary N) is 1. The van der Waals surface area contributed by atoms with Crippen LogP contribution in [0.4, 0.5) is 0 Å². The normalized spacial score (nSPS) is 30.1. The fourth-order valence-electron chi connectivity index (χ4n) is 5.69. The first-order chi connectivity index (χ1) is 14.3. The Balaban J connectivity index is 1.53. The first-order valence-corrected chi connectivity index (χ1v) is 11.4. The minimum Gasteiger partial charge on any atom is -0.477 e. The Hall–Kier alpha value is -2.29. The van der Waals surface area contributed by atoms with Gasteiger partial charge in [-0.05, 0) is 81.6 Å². The highest BCUT2D eigenvalue weighted by atomic mass is 16.5. The zero-order valence-electron chi connectivity index (χ0n) is 18.6. The summed E-state index contributed by atoms with van der Waals surface area (Å²) in [7, 11) is 0. The van der Waals surface area contributed by atoms with Gasteiger partial charge in [-0.3, -0.25) is 4.79 Å². The monoisotopic (exact) mass is 410 g/mol. The first-order valence-electron chi connectivity index (χ1n) is 11.4. The van der Waals surface area contributed by atoms with Crippen LogP contribution in [0.5, 0.6) is 5.88 Å². The van der Waals surface area contributed by atoms with Crippen molar-refractivity contribution < 1.29 is 9.53 Å². The lowest BCUT2D eigenvalue weighted by atomic mass is 9.54. The van der Waals surface area contributed by atoms with E-state index in [0.29, 0.717) is 35.8 Å². The molecule has 0 unspecified atom stereocenters. The van der Waals surface area contributed by atoms with Crippen molar-refractivity contribution in [3.63, 3.8) is 0 Å². The van der Waals surface area contributed by atoms with E-state index >= 15 is 0 Å². The summed E-state index contributed by atoms with van der Waals surface area (Å²) in [6.07, 6.45) is 11.5. The van der Waals surface area contributed by atoms with Gasteiger partial charge in [0.15, 0.2) is 0 Å². The molecule has 4 saturated carbocycles. The molecule has 1 aromatic heterocycles. The second-order valence-electron chi connectivity index (χ2n) is 10.6. The van der Waals surface area contributed by atoms with E-state index in [2.05, 4.69) is 30.3 Å². The molecule has 1 heterocycles. The lowest BCUT2D eigenvalue weighted by molar-refractivity contribution is -0.0120. The summed E-state index contributed by atoms with van der Waals surface area (Å²) < 4.78 is 7.58. The fourth-order valence-corrected chi connectivity index (χ4v) is 5.69. The van der Waals surface area contributed by atoms with Crippen molar-refractivity contribution in [3.05, 3.63) is 17.8 Å². The summed E-state index contributed by atoms with van der Waals surface area (Å²) in [4.78, 5) is 13.3. The summed E-state index contributed by atoms with van der Waals surface area (Å²) in [5.41, 5.74) is -0.145. The molecular formula is C24H34N4O2. The molecule has 0 saturated heterocycles. The Bertz CT molecular complexity index is 833. The average molecular weight is 411 g/mol. The van der Waals surface area contributed by atoms with E-state index < -0.39 is 5.41 Å². The van der Waals surface area contributed by atoms with Gasteiger partial charge < -0.3 is 10.1 Å². The smallest absolute Gasteiger partial charge is 0.258 e. The minimum absolute atomic E-state index is 0.0922. The molecule has 4 aliphatic carbocycles. The SMILES string of the molecule is CC(C)COc1c(C(=O)NC2C3CC4CC(C3)CC2C4)cnn1C=CC(C)(C)C#N. The molecule has 1 N–H and O–H groups in total. The number of aromatic nitrogens is 2. The van der Waals surface area contributed by atoms with E-state index in [-0.39, 0.29) is 11.9 Å². The first kappa shape index (κ1) is 21.0. The molecule has 6 heteroatoms. The number of hydrogen-bond acceptors (Lipinski definition) is 4. The third-order valence-corrected chi connectivity index (χ3v) is 6.99. The maximum atomic E-state index is 13.3. The molecule has 0 spiro atoms. The Kier molecular flexibility index (Phi) is 5.65. The second kappa shape index (κ2) is 8.09. The van der Waals surface area contributed by atoms with Gasteiger partial charge in [-0.2, -0.15) is 10.4 Å². The van der Waals surface area contributed by atoms with E-state index in [0.717, 1.165) is 11.8 Å². The molecule has 0 aliphatic heterocycles. The maximum Gasteiger partial charge on any atom is 0.258 e. The number of amides is 1. The number of hydrogen-bond donors (Lipinski definition) is 1. The molecule has 0 radical (unpaired) electrons. The topological polar surface area (TPSA) is 79.9 Å². The summed E-state index contributed by atoms with van der Waals surface area (Å²) in [6.45, 7) is 8.32. The molecule has 6 nitrogen and oxygen atoms in total. The van der Waals surface area contributed by atoms with Gasteiger partial charge in [0, 0.05) is 12.2 Å². The van der Waals surface area contributed by atoms with Crippen molar-refractivity contribution in [2.75, 3.05) is 6.61 Å². The van der Waals surface area contributed by atoms with Crippen molar-refractivity contribution in [3.8, 4) is 11.9 Å². The largest absolute Gasteiger partial charge is 0.477 e. The van der Waals surface area contributed by atoms with Crippen molar-refractivity contribution in [1.82, 2.24) is 15.1 Å². The molecule has 5 rings (SSSR count). The zero-order chi connectivity index (χ0) is 21.5. The molecule has 0 aromatic carbocycles. The molecule has 4 aliphatic rings. The minimum atomic E-state index is -0.621. The predicted octanol–water partition coefficient (Wildman–Crippen LogP) is 4.49. The standard InChI is InChI=1S/C24H34N4O2/c1-15(2)13-30-23-20(12-26-28(23)6-5-24(3,4)14-25)22(29)27-21-18-8-16-7-17(10-18)11-19(21)9-16/h5-6,12,15-19,21H,7-11,13H2,1-4H3,(H,27,29). The number of nitriles is 1. The third-order valence-electron chi connectivity index (χ3n) is 6.99. The van der Waals surface area contributed by atoms with Crippen molar-refractivity contribution in [1.29, 1.82) is 5.26 Å². The summed E-state index contributed by atoms with van der Waals surface area (Å²) in [5, 5.41) is 17.0. The Labute approximate surface area is 179 Å². The number of carbonyl (C=O) groups is 1. The van der Waals surface area contributed by atoms with E-state index in [1.165, 1.54) is 32.1 Å². The van der Waals surface area contributed by atoms with Crippen molar-refractivity contribution >= 4 is 12.1 Å².